The standard InChI is InChI=1S/C15H21ClN2O4/c1-4-18(6-5-13(19)20)15(21)11-7-12(16)14(17-8-11)22-9-10(2)3/h7-8,10H,4-6,9H2,1-3H3,(H,19,20). The van der Waals surface area contributed by atoms with Crippen molar-refractivity contribution in [2.75, 3.05) is 19.7 Å². The number of aromatic nitrogens is 1. The number of amides is 1. The average molecular weight is 329 g/mol. The number of halogens is 1. The molecule has 7 heteroatoms. The highest BCUT2D eigenvalue weighted by Gasteiger charge is 2.17. The Morgan fingerprint density at radius 2 is 2.14 bits per heavy atom. The van der Waals surface area contributed by atoms with Gasteiger partial charge in [0.15, 0.2) is 0 Å². The van der Waals surface area contributed by atoms with Gasteiger partial charge >= 0.3 is 5.97 Å². The van der Waals surface area contributed by atoms with Crippen LogP contribution < -0.4 is 4.74 Å². The number of hydrogen-bond donors (Lipinski definition) is 1. The molecule has 1 amide bonds. The normalized spacial score (nSPS) is 10.6. The fourth-order valence-corrected chi connectivity index (χ4v) is 1.93. The minimum absolute atomic E-state index is 0.101. The van der Waals surface area contributed by atoms with E-state index in [1.807, 2.05) is 13.8 Å². The van der Waals surface area contributed by atoms with E-state index < -0.39 is 5.97 Å². The first-order chi connectivity index (χ1) is 10.3. The Balaban J connectivity index is 2.80. The van der Waals surface area contributed by atoms with Crippen molar-refractivity contribution in [2.45, 2.75) is 27.2 Å². The molecule has 0 unspecified atom stereocenters. The van der Waals surface area contributed by atoms with Crippen LogP contribution in [0.2, 0.25) is 5.02 Å². The molecule has 0 spiro atoms. The molecule has 0 aliphatic carbocycles. The van der Waals surface area contributed by atoms with Gasteiger partial charge in [0.05, 0.1) is 18.6 Å². The van der Waals surface area contributed by atoms with E-state index in [-0.39, 0.29) is 23.9 Å². The van der Waals surface area contributed by atoms with E-state index in [4.69, 9.17) is 21.4 Å². The number of aliphatic carboxylic acids is 1. The Kier molecular flexibility index (Phi) is 7.11. The van der Waals surface area contributed by atoms with Crippen LogP contribution in [0.25, 0.3) is 0 Å². The zero-order valence-corrected chi connectivity index (χ0v) is 13.8. The van der Waals surface area contributed by atoms with Gasteiger partial charge in [0.1, 0.15) is 5.02 Å². The highest BCUT2D eigenvalue weighted by Crippen LogP contribution is 2.23. The molecule has 1 aromatic rings. The topological polar surface area (TPSA) is 79.7 Å². The Morgan fingerprint density at radius 1 is 1.45 bits per heavy atom. The molecule has 1 N–H and O–H groups in total. The summed E-state index contributed by atoms with van der Waals surface area (Å²) in [5.74, 6) is -0.611. The summed E-state index contributed by atoms with van der Waals surface area (Å²) in [6, 6.07) is 1.50. The lowest BCUT2D eigenvalue weighted by Crippen LogP contribution is -2.32. The Hall–Kier alpha value is -1.82. The second kappa shape index (κ2) is 8.58. The van der Waals surface area contributed by atoms with Crippen LogP contribution in [-0.2, 0) is 4.79 Å². The fraction of sp³-hybridized carbons (Fsp3) is 0.533. The second-order valence-electron chi connectivity index (χ2n) is 5.24. The van der Waals surface area contributed by atoms with Crippen molar-refractivity contribution < 1.29 is 19.4 Å². The highest BCUT2D eigenvalue weighted by atomic mass is 35.5. The van der Waals surface area contributed by atoms with Gasteiger partial charge in [-0.2, -0.15) is 0 Å². The molecule has 0 saturated carbocycles. The lowest BCUT2D eigenvalue weighted by Gasteiger charge is -2.20. The summed E-state index contributed by atoms with van der Waals surface area (Å²) in [6.45, 7) is 6.85. The van der Waals surface area contributed by atoms with E-state index >= 15 is 0 Å². The monoisotopic (exact) mass is 328 g/mol. The minimum Gasteiger partial charge on any atom is -0.481 e. The van der Waals surface area contributed by atoms with Gasteiger partial charge in [0, 0.05) is 19.3 Å². The fourth-order valence-electron chi connectivity index (χ4n) is 1.71. The van der Waals surface area contributed by atoms with Gasteiger partial charge in [0.2, 0.25) is 5.88 Å². The number of carboxylic acid groups (broad SMARTS) is 1. The smallest absolute Gasteiger partial charge is 0.305 e. The third kappa shape index (κ3) is 5.52. The van der Waals surface area contributed by atoms with Crippen LogP contribution in [0.1, 0.15) is 37.6 Å². The molecule has 0 aliphatic rings. The molecule has 0 atom stereocenters. The second-order valence-corrected chi connectivity index (χ2v) is 5.65. The van der Waals surface area contributed by atoms with Crippen molar-refractivity contribution in [3.63, 3.8) is 0 Å². The third-order valence-corrected chi connectivity index (χ3v) is 3.14. The molecule has 1 rings (SSSR count). The summed E-state index contributed by atoms with van der Waals surface area (Å²) in [6.07, 6.45) is 1.30. The molecule has 0 radical (unpaired) electrons. The Bertz CT molecular complexity index is 534. The van der Waals surface area contributed by atoms with E-state index in [1.54, 1.807) is 6.92 Å². The van der Waals surface area contributed by atoms with Gasteiger partial charge in [0.25, 0.3) is 5.91 Å². The van der Waals surface area contributed by atoms with Crippen LogP contribution in [0, 0.1) is 5.92 Å². The van der Waals surface area contributed by atoms with Gasteiger partial charge in [-0.05, 0) is 18.9 Å². The van der Waals surface area contributed by atoms with Crippen molar-refractivity contribution in [1.29, 1.82) is 0 Å². The zero-order chi connectivity index (χ0) is 16.7. The largest absolute Gasteiger partial charge is 0.481 e. The molecule has 0 fully saturated rings. The van der Waals surface area contributed by atoms with E-state index in [2.05, 4.69) is 4.98 Å². The SMILES string of the molecule is CCN(CCC(=O)O)C(=O)c1cnc(OCC(C)C)c(Cl)c1. The van der Waals surface area contributed by atoms with Gasteiger partial charge in [-0.3, -0.25) is 9.59 Å². The van der Waals surface area contributed by atoms with Crippen molar-refractivity contribution in [1.82, 2.24) is 9.88 Å². The maximum absolute atomic E-state index is 12.3. The van der Waals surface area contributed by atoms with Crippen LogP contribution >= 0.6 is 11.6 Å². The van der Waals surface area contributed by atoms with E-state index in [9.17, 15) is 9.59 Å². The van der Waals surface area contributed by atoms with Crippen molar-refractivity contribution in [3.8, 4) is 5.88 Å². The summed E-state index contributed by atoms with van der Waals surface area (Å²) in [7, 11) is 0. The predicted molar refractivity (Wildman–Crippen MR) is 83.4 cm³/mol. The van der Waals surface area contributed by atoms with Crippen molar-refractivity contribution >= 4 is 23.5 Å². The van der Waals surface area contributed by atoms with Crippen LogP contribution in [0.5, 0.6) is 5.88 Å². The first kappa shape index (κ1) is 18.2. The Morgan fingerprint density at radius 3 is 2.64 bits per heavy atom. The number of carbonyl (C=O) groups excluding carboxylic acids is 1. The van der Waals surface area contributed by atoms with Crippen LogP contribution in [0.3, 0.4) is 0 Å². The van der Waals surface area contributed by atoms with Crippen molar-refractivity contribution in [2.24, 2.45) is 5.92 Å². The molecule has 1 aromatic heterocycles. The average Bonchev–Trinajstić information content (AvgIpc) is 2.45. The highest BCUT2D eigenvalue weighted by molar-refractivity contribution is 6.32. The molecular weight excluding hydrogens is 308 g/mol. The number of carbonyl (C=O) groups is 2. The van der Waals surface area contributed by atoms with Crippen LogP contribution in [0.4, 0.5) is 0 Å². The molecule has 0 aromatic carbocycles. The summed E-state index contributed by atoms with van der Waals surface area (Å²) in [5, 5.41) is 8.97. The number of hydrogen-bond acceptors (Lipinski definition) is 4. The van der Waals surface area contributed by atoms with Crippen LogP contribution in [-0.4, -0.2) is 46.6 Å². The van der Waals surface area contributed by atoms with E-state index in [0.29, 0.717) is 30.5 Å². The summed E-state index contributed by atoms with van der Waals surface area (Å²) >= 11 is 6.08. The number of carboxylic acids is 1. The molecular formula is C15H21ClN2O4. The van der Waals surface area contributed by atoms with Gasteiger partial charge in [-0.15, -0.1) is 0 Å². The Labute approximate surface area is 135 Å². The first-order valence-electron chi connectivity index (χ1n) is 7.14. The number of pyridine rings is 1. The maximum Gasteiger partial charge on any atom is 0.305 e. The quantitative estimate of drug-likeness (QED) is 0.793. The van der Waals surface area contributed by atoms with Crippen LogP contribution in [0.15, 0.2) is 12.3 Å². The molecule has 122 valence electrons. The first-order valence-corrected chi connectivity index (χ1v) is 7.52. The summed E-state index contributed by atoms with van der Waals surface area (Å²) in [4.78, 5) is 28.4. The molecule has 6 nitrogen and oxygen atoms in total. The molecule has 1 heterocycles. The molecule has 22 heavy (non-hydrogen) atoms. The molecule has 0 saturated heterocycles. The predicted octanol–water partition coefficient (Wildman–Crippen LogP) is 2.71. The summed E-state index contributed by atoms with van der Waals surface area (Å²) in [5.41, 5.74) is 0.314. The summed E-state index contributed by atoms with van der Waals surface area (Å²) < 4.78 is 5.45. The van der Waals surface area contributed by atoms with Gasteiger partial charge in [-0.1, -0.05) is 25.4 Å². The van der Waals surface area contributed by atoms with E-state index in [0.717, 1.165) is 0 Å². The van der Waals surface area contributed by atoms with Gasteiger partial charge < -0.3 is 14.7 Å². The van der Waals surface area contributed by atoms with E-state index in [1.165, 1.54) is 17.2 Å². The van der Waals surface area contributed by atoms with Crippen molar-refractivity contribution in [3.05, 3.63) is 22.8 Å². The third-order valence-electron chi connectivity index (χ3n) is 2.87. The van der Waals surface area contributed by atoms with Gasteiger partial charge in [-0.25, -0.2) is 4.98 Å². The molecule has 0 aliphatic heterocycles. The minimum atomic E-state index is -0.945. The lowest BCUT2D eigenvalue weighted by atomic mass is 10.2. The lowest BCUT2D eigenvalue weighted by molar-refractivity contribution is -0.137. The number of ether oxygens (including phenoxy) is 1. The maximum atomic E-state index is 12.3. The molecule has 0 bridgehead atoms. The number of nitrogens with zero attached hydrogens (tertiary/aromatic N) is 2. The number of rotatable bonds is 8. The zero-order valence-electron chi connectivity index (χ0n) is 13.0.